The van der Waals surface area contributed by atoms with Crippen molar-refractivity contribution in [1.82, 2.24) is 4.90 Å². The average molecular weight is 381 g/mol. The largest absolute Gasteiger partial charge is 0.448 e. The highest BCUT2D eigenvalue weighted by atomic mass is 32.2. The maximum atomic E-state index is 13.9. The molecule has 8 heteroatoms. The van der Waals surface area contributed by atoms with Crippen molar-refractivity contribution < 1.29 is 26.9 Å². The minimum absolute atomic E-state index is 0.119. The maximum Gasteiger partial charge on any atom is 0.290 e. The van der Waals surface area contributed by atoms with Gasteiger partial charge in [-0.3, -0.25) is 4.79 Å². The monoisotopic (exact) mass is 381 g/mol. The van der Waals surface area contributed by atoms with Gasteiger partial charge in [-0.15, -0.1) is 0 Å². The third kappa shape index (κ3) is 3.01. The number of fused-ring (bicyclic) bond motifs is 1. The first kappa shape index (κ1) is 17.5. The van der Waals surface area contributed by atoms with Gasteiger partial charge in [-0.2, -0.15) is 0 Å². The molecule has 2 saturated heterocycles. The van der Waals surface area contributed by atoms with Crippen molar-refractivity contribution >= 4 is 26.7 Å². The minimum Gasteiger partial charge on any atom is -0.448 e. The second kappa shape index (κ2) is 6.35. The highest BCUT2D eigenvalue weighted by Crippen LogP contribution is 2.28. The minimum atomic E-state index is -2.89. The Labute approximate surface area is 151 Å². The van der Waals surface area contributed by atoms with Gasteiger partial charge >= 0.3 is 0 Å². The van der Waals surface area contributed by atoms with Crippen LogP contribution in [0.3, 0.4) is 0 Å². The smallest absolute Gasteiger partial charge is 0.290 e. The normalized spacial score (nSPS) is 23.6. The van der Waals surface area contributed by atoms with Crippen LogP contribution in [-0.2, 0) is 9.84 Å². The molecule has 0 saturated carbocycles. The van der Waals surface area contributed by atoms with Crippen LogP contribution in [0.4, 0.5) is 4.39 Å². The number of benzene rings is 1. The molecule has 1 N–H and O–H groups in total. The number of halogens is 1. The number of carbonyl (C=O) groups excluding carboxylic acids is 1. The molecule has 2 aromatic rings. The van der Waals surface area contributed by atoms with E-state index in [9.17, 15) is 17.6 Å². The predicted molar refractivity (Wildman–Crippen MR) is 94.6 cm³/mol. The van der Waals surface area contributed by atoms with Gasteiger partial charge in [-0.25, -0.2) is 12.8 Å². The van der Waals surface area contributed by atoms with Gasteiger partial charge in [-0.1, -0.05) is 12.1 Å². The number of sulfone groups is 1. The molecule has 0 radical (unpaired) electrons. The van der Waals surface area contributed by atoms with Gasteiger partial charge in [-0.05, 0) is 13.0 Å². The molecule has 2 aliphatic heterocycles. The third-order valence-electron chi connectivity index (χ3n) is 5.61. The van der Waals surface area contributed by atoms with Crippen LogP contribution in [0.1, 0.15) is 22.5 Å². The molecular formula is C18H22FN2O4S+. The Morgan fingerprint density at radius 3 is 2.65 bits per heavy atom. The van der Waals surface area contributed by atoms with Crippen LogP contribution in [0.5, 0.6) is 0 Å². The molecule has 26 heavy (non-hydrogen) atoms. The average Bonchev–Trinajstić information content (AvgIpc) is 3.16. The molecule has 3 heterocycles. The van der Waals surface area contributed by atoms with E-state index in [0.717, 1.165) is 13.1 Å². The summed E-state index contributed by atoms with van der Waals surface area (Å²) in [5.74, 6) is 0.0146. The Bertz CT molecular complexity index is 961. The van der Waals surface area contributed by atoms with Gasteiger partial charge in [0, 0.05) is 17.4 Å². The Balaban J connectivity index is 1.47. The van der Waals surface area contributed by atoms with Crippen molar-refractivity contribution in [1.29, 1.82) is 0 Å². The van der Waals surface area contributed by atoms with Gasteiger partial charge in [0.15, 0.2) is 27.0 Å². The number of furan rings is 1. The molecule has 1 aromatic heterocycles. The Morgan fingerprint density at radius 2 is 2.04 bits per heavy atom. The van der Waals surface area contributed by atoms with Crippen LogP contribution in [0, 0.1) is 12.7 Å². The Hall–Kier alpha value is -1.93. The fraction of sp³-hybridized carbons (Fsp3) is 0.500. The van der Waals surface area contributed by atoms with E-state index in [1.54, 1.807) is 24.0 Å². The van der Waals surface area contributed by atoms with Gasteiger partial charge in [0.05, 0.1) is 31.9 Å². The predicted octanol–water partition coefficient (Wildman–Crippen LogP) is 0.408. The number of hydrogen-bond donors (Lipinski definition) is 1. The fourth-order valence-corrected chi connectivity index (χ4v) is 5.90. The lowest BCUT2D eigenvalue weighted by Crippen LogP contribution is -3.18. The number of amides is 1. The molecule has 0 spiro atoms. The molecule has 4 rings (SSSR count). The lowest BCUT2D eigenvalue weighted by Gasteiger charge is -2.34. The second-order valence-electron chi connectivity index (χ2n) is 7.22. The van der Waals surface area contributed by atoms with E-state index in [1.807, 2.05) is 0 Å². The van der Waals surface area contributed by atoms with Crippen LogP contribution in [0.2, 0.25) is 0 Å². The number of quaternary nitrogens is 1. The van der Waals surface area contributed by atoms with Gasteiger partial charge in [0.2, 0.25) is 0 Å². The molecule has 2 aliphatic rings. The zero-order valence-corrected chi connectivity index (χ0v) is 15.4. The zero-order chi connectivity index (χ0) is 18.5. The van der Waals surface area contributed by atoms with Gasteiger partial charge in [0.25, 0.3) is 5.91 Å². The van der Waals surface area contributed by atoms with Crippen LogP contribution < -0.4 is 4.90 Å². The summed E-state index contributed by atoms with van der Waals surface area (Å²) in [5, 5.41) is 0.619. The van der Waals surface area contributed by atoms with Crippen LogP contribution in [0.25, 0.3) is 11.0 Å². The zero-order valence-electron chi connectivity index (χ0n) is 14.6. The fourth-order valence-electron chi connectivity index (χ4n) is 4.08. The maximum absolute atomic E-state index is 13.9. The van der Waals surface area contributed by atoms with E-state index in [0.29, 0.717) is 30.5 Å². The second-order valence-corrected chi connectivity index (χ2v) is 9.45. The molecule has 2 fully saturated rings. The molecule has 1 amide bonds. The summed E-state index contributed by atoms with van der Waals surface area (Å²) < 4.78 is 42.8. The molecule has 0 bridgehead atoms. The van der Waals surface area contributed by atoms with Gasteiger partial charge in [0.1, 0.15) is 11.8 Å². The first-order chi connectivity index (χ1) is 12.4. The van der Waals surface area contributed by atoms with E-state index in [2.05, 4.69) is 0 Å². The quantitative estimate of drug-likeness (QED) is 0.818. The number of aryl methyl sites for hydroxylation is 1. The highest BCUT2D eigenvalue weighted by molar-refractivity contribution is 7.91. The number of para-hydroxylation sites is 1. The summed E-state index contributed by atoms with van der Waals surface area (Å²) in [6.45, 7) is 4.30. The molecule has 140 valence electrons. The summed E-state index contributed by atoms with van der Waals surface area (Å²) in [5.41, 5.74) is 0.773. The van der Waals surface area contributed by atoms with Crippen molar-refractivity contribution in [3.8, 4) is 0 Å². The van der Waals surface area contributed by atoms with Crippen molar-refractivity contribution in [3.63, 3.8) is 0 Å². The highest BCUT2D eigenvalue weighted by Gasteiger charge is 2.38. The lowest BCUT2D eigenvalue weighted by atomic mass is 10.1. The van der Waals surface area contributed by atoms with Crippen LogP contribution >= 0.6 is 0 Å². The van der Waals surface area contributed by atoms with Crippen LogP contribution in [0.15, 0.2) is 22.6 Å². The van der Waals surface area contributed by atoms with Crippen molar-refractivity contribution in [3.05, 3.63) is 35.3 Å². The van der Waals surface area contributed by atoms with Crippen molar-refractivity contribution in [2.75, 3.05) is 37.7 Å². The first-order valence-electron chi connectivity index (χ1n) is 8.87. The third-order valence-corrected chi connectivity index (χ3v) is 7.38. The first-order valence-corrected chi connectivity index (χ1v) is 10.7. The molecule has 0 aliphatic carbocycles. The summed E-state index contributed by atoms with van der Waals surface area (Å²) in [6, 6.07) is 4.81. The Morgan fingerprint density at radius 1 is 1.31 bits per heavy atom. The van der Waals surface area contributed by atoms with Gasteiger partial charge < -0.3 is 14.2 Å². The number of carbonyl (C=O) groups is 1. The summed E-state index contributed by atoms with van der Waals surface area (Å²) in [7, 11) is -2.89. The van der Waals surface area contributed by atoms with E-state index < -0.39 is 15.7 Å². The Kier molecular flexibility index (Phi) is 4.27. The number of nitrogens with one attached hydrogen (secondary N) is 1. The number of nitrogens with zero attached hydrogens (tertiary/aromatic N) is 1. The summed E-state index contributed by atoms with van der Waals surface area (Å²) in [4.78, 5) is 15.8. The molecular weight excluding hydrogens is 359 g/mol. The number of rotatable bonds is 2. The summed E-state index contributed by atoms with van der Waals surface area (Å²) in [6.07, 6.45) is 0.702. The van der Waals surface area contributed by atoms with Crippen LogP contribution in [-0.4, -0.2) is 63.0 Å². The molecule has 1 aromatic carbocycles. The van der Waals surface area contributed by atoms with E-state index in [1.165, 1.54) is 11.0 Å². The topological polar surface area (TPSA) is 72.0 Å². The number of hydrogen-bond acceptors (Lipinski definition) is 4. The van der Waals surface area contributed by atoms with E-state index in [4.69, 9.17) is 4.42 Å². The SMILES string of the molecule is Cc1c(C(=O)N2CC[NH+]([C@H]3CCS(=O)(=O)C3)CC2)oc2c(F)cccc12. The van der Waals surface area contributed by atoms with Crippen molar-refractivity contribution in [2.24, 2.45) is 0 Å². The standard InChI is InChI=1S/C18H21FN2O4S/c1-12-14-3-2-4-15(19)17(14)25-16(12)18(22)21-8-6-20(7-9-21)13-5-10-26(23,24)11-13/h2-4,13H,5-11H2,1H3/p+1/t13-/m0/s1. The molecule has 6 nitrogen and oxygen atoms in total. The molecule has 0 unspecified atom stereocenters. The molecule has 1 atom stereocenters. The lowest BCUT2D eigenvalue weighted by molar-refractivity contribution is -0.925. The van der Waals surface area contributed by atoms with Crippen molar-refractivity contribution in [2.45, 2.75) is 19.4 Å². The number of piperazine rings is 1. The summed E-state index contributed by atoms with van der Waals surface area (Å²) >= 11 is 0. The van der Waals surface area contributed by atoms with E-state index in [-0.39, 0.29) is 34.8 Å². The van der Waals surface area contributed by atoms with E-state index >= 15 is 0 Å².